The van der Waals surface area contributed by atoms with Crippen LogP contribution in [0.15, 0.2) is 18.2 Å². The van der Waals surface area contributed by atoms with Gasteiger partial charge in [-0.3, -0.25) is 10.1 Å². The minimum Gasteiger partial charge on any atom is -0.496 e. The van der Waals surface area contributed by atoms with Gasteiger partial charge in [0.05, 0.1) is 36.9 Å². The molecule has 118 valence electrons. The first-order valence-corrected chi connectivity index (χ1v) is 6.24. The van der Waals surface area contributed by atoms with Gasteiger partial charge in [-0.05, 0) is 19.1 Å². The lowest BCUT2D eigenvalue weighted by Gasteiger charge is -2.08. The minimum absolute atomic E-state index is 0.0284. The molecule has 0 saturated carbocycles. The highest BCUT2D eigenvalue weighted by molar-refractivity contribution is 5.93. The average Bonchev–Trinajstić information content (AvgIpc) is 2.51. The van der Waals surface area contributed by atoms with Gasteiger partial charge >= 0.3 is 11.9 Å². The molecule has 0 atom stereocenters. The number of hydrogen-bond donors (Lipinski definition) is 0. The summed E-state index contributed by atoms with van der Waals surface area (Å²) in [5.41, 5.74) is -0.368. The highest BCUT2D eigenvalue weighted by Crippen LogP contribution is 2.32. The Balaban J connectivity index is 3.38. The molecule has 0 heterocycles. The lowest BCUT2D eigenvalue weighted by atomic mass is 10.1. The number of benzene rings is 1. The molecule has 0 aliphatic rings. The highest BCUT2D eigenvalue weighted by atomic mass is 16.6. The Hall–Kier alpha value is -2.90. The Morgan fingerprint density at radius 2 is 2.00 bits per heavy atom. The van der Waals surface area contributed by atoms with Crippen LogP contribution in [0.25, 0.3) is 6.08 Å². The fourth-order valence-electron chi connectivity index (χ4n) is 1.68. The van der Waals surface area contributed by atoms with Crippen molar-refractivity contribution in [3.63, 3.8) is 0 Å². The molecule has 0 aromatic heterocycles. The van der Waals surface area contributed by atoms with Crippen molar-refractivity contribution in [1.82, 2.24) is 0 Å². The second-order valence-electron chi connectivity index (χ2n) is 3.95. The smallest absolute Gasteiger partial charge is 0.338 e. The van der Waals surface area contributed by atoms with Gasteiger partial charge in [0.2, 0.25) is 0 Å². The van der Waals surface area contributed by atoms with Gasteiger partial charge in [-0.25, -0.2) is 9.59 Å². The van der Waals surface area contributed by atoms with Crippen LogP contribution in [0.1, 0.15) is 22.8 Å². The van der Waals surface area contributed by atoms with E-state index < -0.39 is 16.9 Å². The number of nitro groups is 1. The molecule has 1 aromatic rings. The van der Waals surface area contributed by atoms with Crippen LogP contribution in [0, 0.1) is 10.1 Å². The van der Waals surface area contributed by atoms with E-state index in [4.69, 9.17) is 9.47 Å². The summed E-state index contributed by atoms with van der Waals surface area (Å²) in [6.45, 7) is 1.82. The van der Waals surface area contributed by atoms with E-state index in [1.165, 1.54) is 19.3 Å². The summed E-state index contributed by atoms with van der Waals surface area (Å²) in [6, 6.07) is 2.35. The second kappa shape index (κ2) is 7.77. The van der Waals surface area contributed by atoms with Crippen molar-refractivity contribution in [2.75, 3.05) is 20.8 Å². The molecule has 0 radical (unpaired) electrons. The summed E-state index contributed by atoms with van der Waals surface area (Å²) in [7, 11) is 2.46. The molecule has 0 bridgehead atoms. The largest absolute Gasteiger partial charge is 0.496 e. The molecule has 0 spiro atoms. The van der Waals surface area contributed by atoms with Crippen LogP contribution in [0.4, 0.5) is 5.69 Å². The maximum atomic E-state index is 11.5. The Morgan fingerprint density at radius 1 is 1.32 bits per heavy atom. The van der Waals surface area contributed by atoms with Crippen LogP contribution in [-0.2, 0) is 14.3 Å². The predicted octanol–water partition coefficient (Wildman–Crippen LogP) is 1.97. The van der Waals surface area contributed by atoms with E-state index in [9.17, 15) is 19.7 Å². The van der Waals surface area contributed by atoms with Crippen molar-refractivity contribution in [2.24, 2.45) is 0 Å². The van der Waals surface area contributed by atoms with Crippen molar-refractivity contribution in [3.05, 3.63) is 39.4 Å². The molecule has 0 aliphatic carbocycles. The fourth-order valence-corrected chi connectivity index (χ4v) is 1.68. The third-order valence-corrected chi connectivity index (χ3v) is 2.63. The first-order valence-electron chi connectivity index (χ1n) is 6.24. The summed E-state index contributed by atoms with van der Waals surface area (Å²) in [5.74, 6) is -1.31. The first kappa shape index (κ1) is 17.2. The number of carbonyl (C=O) groups is 2. The summed E-state index contributed by atoms with van der Waals surface area (Å²) < 4.78 is 14.3. The quantitative estimate of drug-likeness (QED) is 0.342. The van der Waals surface area contributed by atoms with Gasteiger partial charge < -0.3 is 14.2 Å². The fraction of sp³-hybridized carbons (Fsp3) is 0.286. The summed E-state index contributed by atoms with van der Waals surface area (Å²) in [4.78, 5) is 33.3. The van der Waals surface area contributed by atoms with E-state index in [2.05, 4.69) is 4.74 Å². The van der Waals surface area contributed by atoms with Gasteiger partial charge in [0, 0.05) is 12.1 Å². The summed E-state index contributed by atoms with van der Waals surface area (Å²) >= 11 is 0. The third kappa shape index (κ3) is 4.05. The van der Waals surface area contributed by atoms with E-state index in [1.54, 1.807) is 6.92 Å². The number of ether oxygens (including phenoxy) is 3. The van der Waals surface area contributed by atoms with Crippen LogP contribution < -0.4 is 4.74 Å². The molecule has 22 heavy (non-hydrogen) atoms. The molecule has 0 N–H and O–H groups in total. The van der Waals surface area contributed by atoms with Crippen LogP contribution in [0.5, 0.6) is 5.75 Å². The monoisotopic (exact) mass is 309 g/mol. The average molecular weight is 309 g/mol. The maximum absolute atomic E-state index is 11.5. The van der Waals surface area contributed by atoms with E-state index in [0.717, 1.165) is 19.3 Å². The van der Waals surface area contributed by atoms with Crippen LogP contribution >= 0.6 is 0 Å². The van der Waals surface area contributed by atoms with E-state index >= 15 is 0 Å². The third-order valence-electron chi connectivity index (χ3n) is 2.63. The van der Waals surface area contributed by atoms with Gasteiger partial charge in [-0.1, -0.05) is 0 Å². The molecule has 0 unspecified atom stereocenters. The number of esters is 2. The van der Waals surface area contributed by atoms with Gasteiger partial charge in [-0.15, -0.1) is 0 Å². The molecular formula is C14H15NO7. The molecule has 0 fully saturated rings. The van der Waals surface area contributed by atoms with E-state index in [1.807, 2.05) is 0 Å². The zero-order chi connectivity index (χ0) is 16.7. The lowest BCUT2D eigenvalue weighted by molar-refractivity contribution is -0.385. The second-order valence-corrected chi connectivity index (χ2v) is 3.95. The van der Waals surface area contributed by atoms with Crippen molar-refractivity contribution in [2.45, 2.75) is 6.92 Å². The molecule has 8 heteroatoms. The van der Waals surface area contributed by atoms with Gasteiger partial charge in [-0.2, -0.15) is 0 Å². The SMILES string of the molecule is CCOC(=O)/C=C/c1c(OC)cc(C(=O)OC)cc1[N+](=O)[O-]. The number of hydrogen-bond acceptors (Lipinski definition) is 7. The Kier molecular flexibility index (Phi) is 6.06. The van der Waals surface area contributed by atoms with Crippen molar-refractivity contribution in [3.8, 4) is 5.75 Å². The van der Waals surface area contributed by atoms with Crippen LogP contribution in [-0.4, -0.2) is 37.7 Å². The van der Waals surface area contributed by atoms with Crippen LogP contribution in [0.3, 0.4) is 0 Å². The van der Waals surface area contributed by atoms with Crippen molar-refractivity contribution >= 4 is 23.7 Å². The van der Waals surface area contributed by atoms with Crippen molar-refractivity contribution < 1.29 is 28.7 Å². The first-order chi connectivity index (χ1) is 10.4. The number of nitrogens with zero attached hydrogens (tertiary/aromatic N) is 1. The zero-order valence-electron chi connectivity index (χ0n) is 12.3. The zero-order valence-corrected chi connectivity index (χ0v) is 12.3. The molecule has 0 saturated heterocycles. The van der Waals surface area contributed by atoms with Gasteiger partial charge in [0.15, 0.2) is 0 Å². The minimum atomic E-state index is -0.734. The number of nitro benzene ring substituents is 1. The molecule has 1 rings (SSSR count). The lowest BCUT2D eigenvalue weighted by Crippen LogP contribution is -2.05. The predicted molar refractivity (Wildman–Crippen MR) is 76.7 cm³/mol. The normalized spacial score (nSPS) is 10.3. The van der Waals surface area contributed by atoms with E-state index in [-0.39, 0.29) is 29.2 Å². The number of carbonyl (C=O) groups excluding carboxylic acids is 2. The Labute approximate surface area is 126 Å². The molecule has 0 amide bonds. The molecule has 0 aliphatic heterocycles. The summed E-state index contributed by atoms with van der Waals surface area (Å²) in [6.07, 6.45) is 2.25. The van der Waals surface area contributed by atoms with E-state index in [0.29, 0.717) is 0 Å². The highest BCUT2D eigenvalue weighted by Gasteiger charge is 2.21. The number of methoxy groups -OCH3 is 2. The van der Waals surface area contributed by atoms with Crippen LogP contribution in [0.2, 0.25) is 0 Å². The molecular weight excluding hydrogens is 294 g/mol. The molecule has 8 nitrogen and oxygen atoms in total. The molecule has 1 aromatic carbocycles. The van der Waals surface area contributed by atoms with Crippen molar-refractivity contribution in [1.29, 1.82) is 0 Å². The summed E-state index contributed by atoms with van der Waals surface area (Å²) in [5, 5.41) is 11.2. The number of rotatable bonds is 6. The van der Waals surface area contributed by atoms with Gasteiger partial charge in [0.25, 0.3) is 5.69 Å². The maximum Gasteiger partial charge on any atom is 0.338 e. The standard InChI is InChI=1S/C14H15NO7/c1-4-22-13(16)6-5-10-11(15(18)19)7-9(14(17)21-3)8-12(10)20-2/h5-8H,4H2,1-3H3/b6-5+. The Morgan fingerprint density at radius 3 is 2.50 bits per heavy atom. The topological polar surface area (TPSA) is 105 Å². The Bertz CT molecular complexity index is 622. The van der Waals surface area contributed by atoms with Gasteiger partial charge in [0.1, 0.15) is 5.75 Å².